The monoisotopic (exact) mass is 552 g/mol. The van der Waals surface area contributed by atoms with Crippen molar-refractivity contribution in [2.75, 3.05) is 14.2 Å². The molecule has 1 aliphatic rings. The van der Waals surface area contributed by atoms with Gasteiger partial charge in [-0.3, -0.25) is 19.3 Å². The van der Waals surface area contributed by atoms with Gasteiger partial charge in [-0.1, -0.05) is 0 Å². The highest BCUT2D eigenvalue weighted by Gasteiger charge is 2.33. The first-order valence-corrected chi connectivity index (χ1v) is 12.4. The van der Waals surface area contributed by atoms with E-state index < -0.39 is 41.5 Å². The first-order chi connectivity index (χ1) is 18.8. The van der Waals surface area contributed by atoms with Crippen molar-refractivity contribution in [1.29, 1.82) is 0 Å². The van der Waals surface area contributed by atoms with Crippen LogP contribution in [0.25, 0.3) is 0 Å². The third kappa shape index (κ3) is 7.06. The summed E-state index contributed by atoms with van der Waals surface area (Å²) >= 11 is 0. The fourth-order valence-electron chi connectivity index (χ4n) is 3.57. The minimum absolute atomic E-state index is 0.0217. The molecule has 0 spiro atoms. The first kappa shape index (κ1) is 29.9. The molecule has 0 bridgehead atoms. The summed E-state index contributed by atoms with van der Waals surface area (Å²) in [5.74, 6) is 1.28. The summed E-state index contributed by atoms with van der Waals surface area (Å²) in [6, 6.07) is 8.02. The molecule has 1 amide bonds. The van der Waals surface area contributed by atoms with Gasteiger partial charge in [0.05, 0.1) is 30.9 Å². The van der Waals surface area contributed by atoms with Crippen molar-refractivity contribution in [1.82, 2.24) is 15.2 Å². The molecule has 12 nitrogen and oxygen atoms in total. The second-order valence-corrected chi connectivity index (χ2v) is 9.98. The van der Waals surface area contributed by atoms with E-state index in [4.69, 9.17) is 9.47 Å². The Labute approximate surface area is 231 Å². The molecule has 40 heavy (non-hydrogen) atoms. The van der Waals surface area contributed by atoms with Crippen molar-refractivity contribution in [3.05, 3.63) is 46.6 Å². The molecule has 0 fully saturated rings. The van der Waals surface area contributed by atoms with Crippen molar-refractivity contribution < 1.29 is 38.5 Å². The van der Waals surface area contributed by atoms with Crippen molar-refractivity contribution in [3.63, 3.8) is 0 Å². The second kappa shape index (κ2) is 12.5. The van der Waals surface area contributed by atoms with Gasteiger partial charge in [0.1, 0.15) is 18.2 Å². The van der Waals surface area contributed by atoms with E-state index in [1.807, 2.05) is 0 Å². The Morgan fingerprint density at radius 1 is 1.15 bits per heavy atom. The van der Waals surface area contributed by atoms with Gasteiger partial charge < -0.3 is 29.6 Å². The zero-order valence-electron chi connectivity index (χ0n) is 23.2. The number of amides is 1. The SMILES string of the molecule is COC(=O)CC[C@@H](NC(=O)c1ccc(C#CN2C=Nc3[nH]c(C)c(OC(=O)C(C)(C)C)c3C2O)cc1)C(=O)OC. The molecule has 0 saturated carbocycles. The Hall–Kier alpha value is -4.63. The van der Waals surface area contributed by atoms with E-state index in [1.165, 1.54) is 37.6 Å². The molecule has 3 N–H and O–H groups in total. The Balaban J connectivity index is 1.71. The number of esters is 3. The van der Waals surface area contributed by atoms with Gasteiger partial charge in [0.2, 0.25) is 0 Å². The molecule has 1 aromatic carbocycles. The van der Waals surface area contributed by atoms with E-state index >= 15 is 0 Å². The van der Waals surface area contributed by atoms with E-state index in [0.29, 0.717) is 22.6 Å². The zero-order valence-corrected chi connectivity index (χ0v) is 23.2. The minimum Gasteiger partial charge on any atom is -0.469 e. The van der Waals surface area contributed by atoms with Crippen LogP contribution < -0.4 is 10.1 Å². The first-order valence-electron chi connectivity index (χ1n) is 12.4. The van der Waals surface area contributed by atoms with Crippen LogP contribution in [0.3, 0.4) is 0 Å². The number of nitrogens with zero attached hydrogens (tertiary/aromatic N) is 2. The van der Waals surface area contributed by atoms with Gasteiger partial charge in [0, 0.05) is 23.6 Å². The van der Waals surface area contributed by atoms with E-state index in [0.717, 1.165) is 0 Å². The van der Waals surface area contributed by atoms with Gasteiger partial charge >= 0.3 is 17.9 Å². The van der Waals surface area contributed by atoms with E-state index in [-0.39, 0.29) is 24.2 Å². The number of ether oxygens (including phenoxy) is 3. The van der Waals surface area contributed by atoms with Crippen LogP contribution in [0.15, 0.2) is 29.3 Å². The summed E-state index contributed by atoms with van der Waals surface area (Å²) < 4.78 is 14.9. The van der Waals surface area contributed by atoms with Crippen LogP contribution in [0.4, 0.5) is 5.82 Å². The lowest BCUT2D eigenvalue weighted by atomic mass is 9.97. The highest BCUT2D eigenvalue weighted by molar-refractivity contribution is 5.97. The number of rotatable bonds is 7. The number of aliphatic hydroxyl groups is 1. The molecule has 0 saturated heterocycles. The summed E-state index contributed by atoms with van der Waals surface area (Å²) in [4.78, 5) is 57.1. The van der Waals surface area contributed by atoms with Crippen LogP contribution in [0.5, 0.6) is 5.75 Å². The van der Waals surface area contributed by atoms with Gasteiger partial charge in [-0.15, -0.1) is 0 Å². The number of hydrogen-bond donors (Lipinski definition) is 3. The third-order valence-corrected chi connectivity index (χ3v) is 5.92. The molecular formula is C28H32N4O8. The largest absolute Gasteiger partial charge is 0.469 e. The number of aryl methyl sites for hydroxylation is 1. The summed E-state index contributed by atoms with van der Waals surface area (Å²) in [7, 11) is 2.42. The third-order valence-electron chi connectivity index (χ3n) is 5.92. The number of fused-ring (bicyclic) bond motifs is 1. The molecule has 2 aromatic rings. The number of aliphatic hydroxyl groups excluding tert-OH is 1. The predicted octanol–water partition coefficient (Wildman–Crippen LogP) is 2.47. The molecule has 1 unspecified atom stereocenters. The van der Waals surface area contributed by atoms with Crippen molar-refractivity contribution >= 4 is 36.0 Å². The summed E-state index contributed by atoms with van der Waals surface area (Å²) in [6.45, 7) is 6.90. The molecule has 2 heterocycles. The van der Waals surface area contributed by atoms with Gasteiger partial charge in [0.25, 0.3) is 5.91 Å². The number of hydrogen-bond acceptors (Lipinski definition) is 10. The average molecular weight is 553 g/mol. The number of carbonyl (C=O) groups excluding carboxylic acids is 4. The summed E-state index contributed by atoms with van der Waals surface area (Å²) in [5.41, 5.74) is 0.886. The topological polar surface area (TPSA) is 160 Å². The zero-order chi connectivity index (χ0) is 29.6. The fourth-order valence-corrected chi connectivity index (χ4v) is 3.57. The summed E-state index contributed by atoms with van der Waals surface area (Å²) in [5, 5.41) is 13.5. The van der Waals surface area contributed by atoms with Crippen LogP contribution in [0, 0.1) is 24.3 Å². The predicted molar refractivity (Wildman–Crippen MR) is 143 cm³/mol. The van der Waals surface area contributed by atoms with E-state index in [1.54, 1.807) is 39.8 Å². The maximum absolute atomic E-state index is 12.7. The number of aliphatic imine (C=N–C) groups is 1. The smallest absolute Gasteiger partial charge is 0.328 e. The maximum Gasteiger partial charge on any atom is 0.328 e. The standard InChI is InChI=1S/C28H32N4O8/c1-16-22(40-27(37)28(2,3)4)21-23(30-16)29-15-32(25(21)35)14-13-17-7-9-18(10-8-17)24(34)31-19(26(36)39-6)11-12-20(33)38-5/h7-10,15,19,25,30,35H,11-12H2,1-6H3,(H,31,34)/t19-,25?/m1/s1. The molecule has 212 valence electrons. The number of aromatic amines is 1. The highest BCUT2D eigenvalue weighted by atomic mass is 16.5. The van der Waals surface area contributed by atoms with Crippen molar-refractivity contribution in [2.45, 2.75) is 52.8 Å². The van der Waals surface area contributed by atoms with Crippen molar-refractivity contribution in [2.24, 2.45) is 10.4 Å². The second-order valence-electron chi connectivity index (χ2n) is 9.98. The van der Waals surface area contributed by atoms with Crippen LogP contribution in [-0.4, -0.2) is 65.4 Å². The lowest BCUT2D eigenvalue weighted by Gasteiger charge is -2.24. The highest BCUT2D eigenvalue weighted by Crippen LogP contribution is 2.41. The lowest BCUT2D eigenvalue weighted by Crippen LogP contribution is -2.41. The molecule has 1 aromatic heterocycles. The molecular weight excluding hydrogens is 520 g/mol. The fraction of sp³-hybridized carbons (Fsp3) is 0.393. The van der Waals surface area contributed by atoms with E-state index in [9.17, 15) is 24.3 Å². The maximum atomic E-state index is 12.7. The van der Waals surface area contributed by atoms with Gasteiger partial charge in [-0.2, -0.15) is 0 Å². The van der Waals surface area contributed by atoms with Crippen LogP contribution in [-0.2, 0) is 23.9 Å². The number of benzene rings is 1. The Morgan fingerprint density at radius 2 is 1.82 bits per heavy atom. The van der Waals surface area contributed by atoms with Gasteiger partial charge in [0.15, 0.2) is 12.0 Å². The number of carbonyl (C=O) groups is 4. The molecule has 1 aliphatic heterocycles. The molecule has 2 atom stereocenters. The average Bonchev–Trinajstić information content (AvgIpc) is 3.24. The van der Waals surface area contributed by atoms with E-state index in [2.05, 4.69) is 32.0 Å². The van der Waals surface area contributed by atoms with Crippen LogP contribution in [0.1, 0.15) is 67.0 Å². The quantitative estimate of drug-likeness (QED) is 0.346. The van der Waals surface area contributed by atoms with Gasteiger partial charge in [-0.25, -0.2) is 9.79 Å². The Morgan fingerprint density at radius 3 is 2.42 bits per heavy atom. The normalized spacial score (nSPS) is 14.8. The minimum atomic E-state index is -1.25. The number of nitrogens with one attached hydrogen (secondary N) is 2. The van der Waals surface area contributed by atoms with Crippen LogP contribution >= 0.6 is 0 Å². The molecule has 12 heteroatoms. The molecule has 3 rings (SSSR count). The van der Waals surface area contributed by atoms with Gasteiger partial charge in [-0.05, 0) is 64.3 Å². The van der Waals surface area contributed by atoms with Crippen molar-refractivity contribution in [3.8, 4) is 17.7 Å². The molecule has 0 radical (unpaired) electrons. The Kier molecular flexibility index (Phi) is 9.34. The number of aromatic nitrogens is 1. The summed E-state index contributed by atoms with van der Waals surface area (Å²) in [6.07, 6.45) is 0.0570. The number of methoxy groups -OCH3 is 2. The number of H-pyrrole nitrogens is 1. The Bertz CT molecular complexity index is 1380. The molecule has 0 aliphatic carbocycles. The lowest BCUT2D eigenvalue weighted by molar-refractivity contribution is -0.145. The van der Waals surface area contributed by atoms with Crippen LogP contribution in [0.2, 0.25) is 0 Å².